The summed E-state index contributed by atoms with van der Waals surface area (Å²) < 4.78 is 17.2. The molecule has 0 atom stereocenters. The van der Waals surface area contributed by atoms with Gasteiger partial charge in [0.1, 0.15) is 0 Å². The second-order valence-corrected chi connectivity index (χ2v) is 2.02. The van der Waals surface area contributed by atoms with Crippen LogP contribution in [-0.4, -0.2) is 5.97 Å². The number of esters is 1. The Kier molecular flexibility index (Phi) is 2.21. The van der Waals surface area contributed by atoms with Crippen LogP contribution in [0.15, 0.2) is 24.3 Å². The molecular weight excluding hydrogens is 147 g/mol. The maximum Gasteiger partial charge on any atom is 0.308 e. The SMILES string of the molecule is CC(=O)Oc1ccccc1F. The van der Waals surface area contributed by atoms with Gasteiger partial charge in [0.2, 0.25) is 0 Å². The molecule has 11 heavy (non-hydrogen) atoms. The molecule has 0 bridgehead atoms. The van der Waals surface area contributed by atoms with Gasteiger partial charge < -0.3 is 4.74 Å². The van der Waals surface area contributed by atoms with Crippen LogP contribution >= 0.6 is 0 Å². The van der Waals surface area contributed by atoms with Gasteiger partial charge in [-0.3, -0.25) is 4.79 Å². The lowest BCUT2D eigenvalue weighted by atomic mass is 10.3. The maximum absolute atomic E-state index is 12.7. The molecule has 0 N–H and O–H groups in total. The maximum atomic E-state index is 12.7. The number of ether oxygens (including phenoxy) is 1. The second-order valence-electron chi connectivity index (χ2n) is 2.02. The highest BCUT2D eigenvalue weighted by Crippen LogP contribution is 2.14. The molecule has 0 saturated heterocycles. The number of carbonyl (C=O) groups excluding carboxylic acids is 1. The molecule has 0 saturated carbocycles. The van der Waals surface area contributed by atoms with Gasteiger partial charge in [0, 0.05) is 6.92 Å². The van der Waals surface area contributed by atoms with Gasteiger partial charge in [-0.05, 0) is 12.1 Å². The fourth-order valence-electron chi connectivity index (χ4n) is 0.682. The molecule has 0 unspecified atom stereocenters. The van der Waals surface area contributed by atoms with Gasteiger partial charge in [0.05, 0.1) is 0 Å². The van der Waals surface area contributed by atoms with E-state index in [2.05, 4.69) is 4.74 Å². The number of halogens is 1. The topological polar surface area (TPSA) is 26.3 Å². The zero-order valence-electron chi connectivity index (χ0n) is 6.00. The van der Waals surface area contributed by atoms with Gasteiger partial charge in [-0.2, -0.15) is 0 Å². The van der Waals surface area contributed by atoms with Crippen molar-refractivity contribution in [2.24, 2.45) is 0 Å². The van der Waals surface area contributed by atoms with Crippen LogP contribution in [0.5, 0.6) is 5.75 Å². The van der Waals surface area contributed by atoms with Crippen molar-refractivity contribution in [2.75, 3.05) is 0 Å². The van der Waals surface area contributed by atoms with E-state index in [0.717, 1.165) is 0 Å². The van der Waals surface area contributed by atoms with Crippen LogP contribution in [0.25, 0.3) is 0 Å². The van der Waals surface area contributed by atoms with Gasteiger partial charge in [-0.15, -0.1) is 0 Å². The summed E-state index contributed by atoms with van der Waals surface area (Å²) in [6, 6.07) is 5.76. The Hall–Kier alpha value is -1.38. The molecule has 3 heteroatoms. The average Bonchev–Trinajstić information content (AvgIpc) is 1.93. The molecule has 1 aromatic rings. The van der Waals surface area contributed by atoms with Crippen LogP contribution in [0.4, 0.5) is 4.39 Å². The van der Waals surface area contributed by atoms with Crippen LogP contribution in [0, 0.1) is 5.82 Å². The van der Waals surface area contributed by atoms with E-state index in [1.807, 2.05) is 0 Å². The summed E-state index contributed by atoms with van der Waals surface area (Å²) in [4.78, 5) is 10.4. The lowest BCUT2D eigenvalue weighted by Crippen LogP contribution is -2.02. The quantitative estimate of drug-likeness (QED) is 0.455. The number of rotatable bonds is 1. The Labute approximate surface area is 63.6 Å². The Morgan fingerprint density at radius 2 is 2.09 bits per heavy atom. The summed E-state index contributed by atoms with van der Waals surface area (Å²) in [5, 5.41) is 0. The summed E-state index contributed by atoms with van der Waals surface area (Å²) >= 11 is 0. The van der Waals surface area contributed by atoms with Crippen molar-refractivity contribution in [3.8, 4) is 5.75 Å². The Morgan fingerprint density at radius 3 is 2.64 bits per heavy atom. The molecule has 0 fully saturated rings. The highest BCUT2D eigenvalue weighted by molar-refractivity contribution is 5.69. The molecular formula is C8H7FO2. The molecule has 58 valence electrons. The fraction of sp³-hybridized carbons (Fsp3) is 0.125. The normalized spacial score (nSPS) is 9.27. The minimum atomic E-state index is -0.525. The number of para-hydroxylation sites is 1. The highest BCUT2D eigenvalue weighted by Gasteiger charge is 2.02. The van der Waals surface area contributed by atoms with Crippen molar-refractivity contribution in [1.29, 1.82) is 0 Å². The molecule has 0 aromatic heterocycles. The van der Waals surface area contributed by atoms with Crippen molar-refractivity contribution < 1.29 is 13.9 Å². The Bertz CT molecular complexity index is 271. The van der Waals surface area contributed by atoms with Crippen molar-refractivity contribution in [3.63, 3.8) is 0 Å². The summed E-state index contributed by atoms with van der Waals surface area (Å²) in [7, 11) is 0. The molecule has 1 rings (SSSR count). The molecule has 1 aromatic carbocycles. The zero-order chi connectivity index (χ0) is 8.27. The van der Waals surface area contributed by atoms with Crippen molar-refractivity contribution in [3.05, 3.63) is 30.1 Å². The first-order chi connectivity index (χ1) is 5.20. The van der Waals surface area contributed by atoms with E-state index in [1.165, 1.54) is 25.1 Å². The Morgan fingerprint density at radius 1 is 1.45 bits per heavy atom. The van der Waals surface area contributed by atoms with Crippen molar-refractivity contribution in [1.82, 2.24) is 0 Å². The van der Waals surface area contributed by atoms with Crippen LogP contribution in [-0.2, 0) is 4.79 Å². The molecule has 0 aliphatic heterocycles. The van der Waals surface area contributed by atoms with Crippen molar-refractivity contribution in [2.45, 2.75) is 6.92 Å². The monoisotopic (exact) mass is 154 g/mol. The third-order valence-corrected chi connectivity index (χ3v) is 1.09. The van der Waals surface area contributed by atoms with Gasteiger partial charge >= 0.3 is 5.97 Å². The predicted molar refractivity (Wildman–Crippen MR) is 37.7 cm³/mol. The first kappa shape index (κ1) is 7.72. The molecule has 2 nitrogen and oxygen atoms in total. The van der Waals surface area contributed by atoms with Gasteiger partial charge in [0.15, 0.2) is 11.6 Å². The summed E-state index contributed by atoms with van der Waals surface area (Å²) in [6.45, 7) is 1.23. The number of hydrogen-bond donors (Lipinski definition) is 0. The van der Waals surface area contributed by atoms with Gasteiger partial charge in [-0.25, -0.2) is 4.39 Å². The number of hydrogen-bond acceptors (Lipinski definition) is 2. The standard InChI is InChI=1S/C8H7FO2/c1-6(10)11-8-5-3-2-4-7(8)9/h2-5H,1H3. The summed E-state index contributed by atoms with van der Waals surface area (Å²) in [6.07, 6.45) is 0. The van der Waals surface area contributed by atoms with E-state index >= 15 is 0 Å². The minimum Gasteiger partial charge on any atom is -0.424 e. The van der Waals surface area contributed by atoms with E-state index in [0.29, 0.717) is 0 Å². The van der Waals surface area contributed by atoms with Gasteiger partial charge in [0.25, 0.3) is 0 Å². The molecule has 0 spiro atoms. The van der Waals surface area contributed by atoms with E-state index in [4.69, 9.17) is 0 Å². The fourth-order valence-corrected chi connectivity index (χ4v) is 0.682. The van der Waals surface area contributed by atoms with Gasteiger partial charge in [-0.1, -0.05) is 12.1 Å². The number of benzene rings is 1. The van der Waals surface area contributed by atoms with E-state index in [-0.39, 0.29) is 5.75 Å². The average molecular weight is 154 g/mol. The summed E-state index contributed by atoms with van der Waals surface area (Å²) in [5.41, 5.74) is 0. The first-order valence-electron chi connectivity index (χ1n) is 3.13. The molecule has 0 heterocycles. The molecule has 0 radical (unpaired) electrons. The minimum absolute atomic E-state index is 0.0278. The van der Waals surface area contributed by atoms with Crippen LogP contribution in [0.2, 0.25) is 0 Å². The van der Waals surface area contributed by atoms with Crippen LogP contribution in [0.3, 0.4) is 0 Å². The lowest BCUT2D eigenvalue weighted by Gasteiger charge is -2.00. The van der Waals surface area contributed by atoms with Crippen LogP contribution in [0.1, 0.15) is 6.92 Å². The third-order valence-electron chi connectivity index (χ3n) is 1.09. The predicted octanol–water partition coefficient (Wildman–Crippen LogP) is 1.75. The number of carbonyl (C=O) groups is 1. The first-order valence-corrected chi connectivity index (χ1v) is 3.13. The second kappa shape index (κ2) is 3.14. The largest absolute Gasteiger partial charge is 0.424 e. The van der Waals surface area contributed by atoms with E-state index in [1.54, 1.807) is 6.07 Å². The van der Waals surface area contributed by atoms with Crippen molar-refractivity contribution >= 4 is 5.97 Å². The lowest BCUT2D eigenvalue weighted by molar-refractivity contribution is -0.132. The smallest absolute Gasteiger partial charge is 0.308 e. The van der Waals surface area contributed by atoms with Crippen LogP contribution < -0.4 is 4.74 Å². The zero-order valence-corrected chi connectivity index (χ0v) is 6.00. The van der Waals surface area contributed by atoms with E-state index < -0.39 is 11.8 Å². The highest BCUT2D eigenvalue weighted by atomic mass is 19.1. The molecule has 0 aliphatic carbocycles. The Balaban J connectivity index is 2.86. The molecule has 0 aliphatic rings. The third kappa shape index (κ3) is 2.04. The summed E-state index contributed by atoms with van der Waals surface area (Å²) in [5.74, 6) is -1.07. The van der Waals surface area contributed by atoms with E-state index in [9.17, 15) is 9.18 Å². The molecule has 0 amide bonds.